The van der Waals surface area contributed by atoms with E-state index in [4.69, 9.17) is 18.0 Å². The Bertz CT molecular complexity index is 536. The van der Waals surface area contributed by atoms with Crippen LogP contribution >= 0.6 is 12.2 Å². The van der Waals surface area contributed by atoms with Crippen LogP contribution < -0.4 is 5.73 Å². The molecule has 0 unspecified atom stereocenters. The average Bonchev–Trinajstić information content (AvgIpc) is 2.35. The summed E-state index contributed by atoms with van der Waals surface area (Å²) in [5.41, 5.74) is 6.17. The fourth-order valence-electron chi connectivity index (χ4n) is 1.80. The maximum Gasteiger partial charge on any atom is 0.243 e. The fraction of sp³-hybridized carbons (Fsp3) is 0.462. The van der Waals surface area contributed by atoms with Gasteiger partial charge in [0.25, 0.3) is 0 Å². The summed E-state index contributed by atoms with van der Waals surface area (Å²) in [5, 5.41) is 0. The molecule has 0 amide bonds. The zero-order valence-corrected chi connectivity index (χ0v) is 13.1. The van der Waals surface area contributed by atoms with Gasteiger partial charge in [-0.1, -0.05) is 31.3 Å². The second kappa shape index (κ2) is 6.45. The summed E-state index contributed by atoms with van der Waals surface area (Å²) < 4.78 is 26.5. The van der Waals surface area contributed by atoms with Crippen molar-refractivity contribution in [3.63, 3.8) is 0 Å². The molecule has 0 heterocycles. The maximum atomic E-state index is 12.5. The Morgan fingerprint density at radius 1 is 1.32 bits per heavy atom. The highest BCUT2D eigenvalue weighted by molar-refractivity contribution is 7.89. The van der Waals surface area contributed by atoms with E-state index in [0.29, 0.717) is 12.1 Å². The molecule has 0 atom stereocenters. The smallest absolute Gasteiger partial charge is 0.243 e. The van der Waals surface area contributed by atoms with E-state index < -0.39 is 10.0 Å². The predicted octanol–water partition coefficient (Wildman–Crippen LogP) is 2.13. The first-order valence-electron chi connectivity index (χ1n) is 6.22. The van der Waals surface area contributed by atoms with Crippen LogP contribution in [0.3, 0.4) is 0 Å². The summed E-state index contributed by atoms with van der Waals surface area (Å²) in [7, 11) is -3.46. The topological polar surface area (TPSA) is 63.4 Å². The summed E-state index contributed by atoms with van der Waals surface area (Å²) in [6.45, 7) is 6.21. The van der Waals surface area contributed by atoms with E-state index >= 15 is 0 Å². The minimum atomic E-state index is -3.46. The van der Waals surface area contributed by atoms with Crippen molar-refractivity contribution in [1.82, 2.24) is 4.31 Å². The SMILES string of the molecule is CCCN(C(C)C)S(=O)(=O)c1ccc(C(N)=S)cc1. The monoisotopic (exact) mass is 300 g/mol. The van der Waals surface area contributed by atoms with Crippen molar-refractivity contribution in [3.8, 4) is 0 Å². The molecule has 0 aliphatic rings. The summed E-state index contributed by atoms with van der Waals surface area (Å²) in [6, 6.07) is 6.31. The van der Waals surface area contributed by atoms with Crippen LogP contribution in [-0.2, 0) is 10.0 Å². The molecule has 1 rings (SSSR count). The molecule has 106 valence electrons. The van der Waals surface area contributed by atoms with Crippen molar-refractivity contribution in [2.75, 3.05) is 6.54 Å². The Balaban J connectivity index is 3.14. The number of thiocarbonyl (C=S) groups is 1. The van der Waals surface area contributed by atoms with Gasteiger partial charge in [-0.05, 0) is 32.4 Å². The van der Waals surface area contributed by atoms with Crippen molar-refractivity contribution >= 4 is 27.2 Å². The van der Waals surface area contributed by atoms with E-state index in [2.05, 4.69) is 0 Å². The van der Waals surface area contributed by atoms with E-state index in [1.54, 1.807) is 24.3 Å². The molecule has 19 heavy (non-hydrogen) atoms. The van der Waals surface area contributed by atoms with Gasteiger partial charge in [0.05, 0.1) is 4.90 Å². The molecule has 0 bridgehead atoms. The molecule has 2 N–H and O–H groups in total. The standard InChI is InChI=1S/C13H20N2O2S2/c1-4-9-15(10(2)3)19(16,17)12-7-5-11(6-8-12)13(14)18/h5-8,10H,4,9H2,1-3H3,(H2,14,18). The van der Waals surface area contributed by atoms with Crippen LogP contribution in [0.25, 0.3) is 0 Å². The molecule has 0 aliphatic carbocycles. The first kappa shape index (κ1) is 16.1. The number of nitrogens with two attached hydrogens (primary N) is 1. The van der Waals surface area contributed by atoms with Gasteiger partial charge in [0.2, 0.25) is 10.0 Å². The van der Waals surface area contributed by atoms with E-state index in [1.165, 1.54) is 4.31 Å². The molecule has 1 aromatic carbocycles. The van der Waals surface area contributed by atoms with Gasteiger partial charge >= 0.3 is 0 Å². The van der Waals surface area contributed by atoms with Gasteiger partial charge in [-0.2, -0.15) is 4.31 Å². The third-order valence-electron chi connectivity index (χ3n) is 2.77. The number of hydrogen-bond donors (Lipinski definition) is 1. The van der Waals surface area contributed by atoms with Gasteiger partial charge in [0.1, 0.15) is 4.99 Å². The lowest BCUT2D eigenvalue weighted by Crippen LogP contribution is -2.37. The number of hydrogen-bond acceptors (Lipinski definition) is 3. The highest BCUT2D eigenvalue weighted by Crippen LogP contribution is 2.19. The van der Waals surface area contributed by atoms with Crippen molar-refractivity contribution in [1.29, 1.82) is 0 Å². The Kier molecular flexibility index (Phi) is 5.46. The molecular weight excluding hydrogens is 280 g/mol. The van der Waals surface area contributed by atoms with Gasteiger partial charge in [0, 0.05) is 18.2 Å². The Hall–Kier alpha value is -0.980. The lowest BCUT2D eigenvalue weighted by atomic mass is 10.2. The normalized spacial score (nSPS) is 12.1. The molecule has 4 nitrogen and oxygen atoms in total. The second-order valence-electron chi connectivity index (χ2n) is 4.60. The summed E-state index contributed by atoms with van der Waals surface area (Å²) in [4.78, 5) is 0.535. The Morgan fingerprint density at radius 2 is 1.84 bits per heavy atom. The third kappa shape index (κ3) is 3.75. The van der Waals surface area contributed by atoms with Crippen molar-refractivity contribution < 1.29 is 8.42 Å². The summed E-state index contributed by atoms with van der Waals surface area (Å²) in [5.74, 6) is 0. The zero-order valence-electron chi connectivity index (χ0n) is 11.5. The fourth-order valence-corrected chi connectivity index (χ4v) is 3.67. The molecule has 0 aromatic heterocycles. The molecule has 6 heteroatoms. The average molecular weight is 300 g/mol. The highest BCUT2D eigenvalue weighted by atomic mass is 32.2. The van der Waals surface area contributed by atoms with Crippen LogP contribution in [0.5, 0.6) is 0 Å². The molecule has 1 aromatic rings. The third-order valence-corrected chi connectivity index (χ3v) is 5.09. The number of sulfonamides is 1. The van der Waals surface area contributed by atoms with Crippen LogP contribution in [0.4, 0.5) is 0 Å². The van der Waals surface area contributed by atoms with Crippen LogP contribution in [0, 0.1) is 0 Å². The molecule has 0 aliphatic heterocycles. The predicted molar refractivity (Wildman–Crippen MR) is 81.6 cm³/mol. The quantitative estimate of drug-likeness (QED) is 0.818. The first-order chi connectivity index (χ1) is 8.80. The van der Waals surface area contributed by atoms with Crippen LogP contribution in [0.2, 0.25) is 0 Å². The molecule has 0 spiro atoms. The largest absolute Gasteiger partial charge is 0.389 e. The van der Waals surface area contributed by atoms with Gasteiger partial charge < -0.3 is 5.73 Å². The van der Waals surface area contributed by atoms with Crippen LogP contribution in [-0.4, -0.2) is 30.3 Å². The number of rotatable bonds is 6. The summed E-state index contributed by atoms with van der Waals surface area (Å²) >= 11 is 4.85. The first-order valence-corrected chi connectivity index (χ1v) is 8.07. The van der Waals surface area contributed by atoms with E-state index in [1.807, 2.05) is 20.8 Å². The van der Waals surface area contributed by atoms with E-state index in [0.717, 1.165) is 6.42 Å². The molecular formula is C13H20N2O2S2. The summed E-state index contributed by atoms with van der Waals surface area (Å²) in [6.07, 6.45) is 0.780. The number of nitrogens with zero attached hydrogens (tertiary/aromatic N) is 1. The highest BCUT2D eigenvalue weighted by Gasteiger charge is 2.25. The minimum Gasteiger partial charge on any atom is -0.389 e. The Labute approximate surface area is 120 Å². The lowest BCUT2D eigenvalue weighted by molar-refractivity contribution is 0.354. The van der Waals surface area contributed by atoms with Crippen molar-refractivity contribution in [2.24, 2.45) is 5.73 Å². The molecule has 0 fully saturated rings. The Morgan fingerprint density at radius 3 is 2.21 bits per heavy atom. The van der Waals surface area contributed by atoms with E-state index in [-0.39, 0.29) is 15.9 Å². The van der Waals surface area contributed by atoms with Gasteiger partial charge in [-0.15, -0.1) is 0 Å². The molecule has 0 saturated heterocycles. The number of benzene rings is 1. The van der Waals surface area contributed by atoms with Crippen molar-refractivity contribution in [3.05, 3.63) is 29.8 Å². The van der Waals surface area contributed by atoms with E-state index in [9.17, 15) is 8.42 Å². The minimum absolute atomic E-state index is 0.0692. The van der Waals surface area contributed by atoms with Crippen molar-refractivity contribution in [2.45, 2.75) is 38.1 Å². The van der Waals surface area contributed by atoms with Gasteiger partial charge in [-0.3, -0.25) is 0 Å². The van der Waals surface area contributed by atoms with Crippen LogP contribution in [0.15, 0.2) is 29.2 Å². The molecule has 0 radical (unpaired) electrons. The van der Waals surface area contributed by atoms with Gasteiger partial charge in [-0.25, -0.2) is 8.42 Å². The van der Waals surface area contributed by atoms with Crippen LogP contribution in [0.1, 0.15) is 32.8 Å². The second-order valence-corrected chi connectivity index (χ2v) is 6.93. The molecule has 0 saturated carbocycles. The maximum absolute atomic E-state index is 12.5. The lowest BCUT2D eigenvalue weighted by Gasteiger charge is -2.25. The zero-order chi connectivity index (χ0) is 14.6. The van der Waals surface area contributed by atoms with Gasteiger partial charge in [0.15, 0.2) is 0 Å².